The van der Waals surface area contributed by atoms with Crippen LogP contribution in [-0.4, -0.2) is 64.2 Å². The van der Waals surface area contributed by atoms with Gasteiger partial charge in [-0.25, -0.2) is 13.1 Å². The third-order valence-corrected chi connectivity index (χ3v) is 4.75. The highest BCUT2D eigenvalue weighted by Gasteiger charge is 2.19. The van der Waals surface area contributed by atoms with E-state index in [2.05, 4.69) is 19.9 Å². The van der Waals surface area contributed by atoms with E-state index in [0.717, 1.165) is 13.1 Å². The molecule has 8 heteroatoms. The number of hydrogen-bond donors (Lipinski definition) is 2. The van der Waals surface area contributed by atoms with E-state index in [4.69, 9.17) is 4.74 Å². The molecule has 118 valence electrons. The van der Waals surface area contributed by atoms with Gasteiger partial charge >= 0.3 is 0 Å². The van der Waals surface area contributed by atoms with Crippen molar-refractivity contribution in [3.63, 3.8) is 0 Å². The van der Waals surface area contributed by atoms with Gasteiger partial charge in [-0.3, -0.25) is 9.88 Å². The Labute approximate surface area is 125 Å². The first-order chi connectivity index (χ1) is 10.1. The third-order valence-electron chi connectivity index (χ3n) is 3.27. The summed E-state index contributed by atoms with van der Waals surface area (Å²) >= 11 is 0. The summed E-state index contributed by atoms with van der Waals surface area (Å²) in [6.45, 7) is 6.74. The molecule has 1 aliphatic heterocycles. The van der Waals surface area contributed by atoms with Crippen molar-refractivity contribution in [3.8, 4) is 0 Å². The molecular formula is C13H22N4O3S. The van der Waals surface area contributed by atoms with Gasteiger partial charge in [0.05, 0.1) is 18.9 Å². The first-order valence-corrected chi connectivity index (χ1v) is 8.59. The van der Waals surface area contributed by atoms with Crippen LogP contribution in [-0.2, 0) is 14.8 Å². The molecule has 1 aromatic rings. The van der Waals surface area contributed by atoms with Gasteiger partial charge in [0.2, 0.25) is 10.0 Å². The SMILES string of the molecule is CCNc1ccncc1S(=O)(=O)NCCN1CCOCC1. The number of hydrogen-bond acceptors (Lipinski definition) is 6. The van der Waals surface area contributed by atoms with Gasteiger partial charge in [0.1, 0.15) is 4.90 Å². The summed E-state index contributed by atoms with van der Waals surface area (Å²) < 4.78 is 32.6. The molecule has 0 aromatic carbocycles. The fraction of sp³-hybridized carbons (Fsp3) is 0.615. The summed E-state index contributed by atoms with van der Waals surface area (Å²) in [5, 5.41) is 3.04. The Morgan fingerprint density at radius 3 is 2.86 bits per heavy atom. The molecule has 21 heavy (non-hydrogen) atoms. The number of sulfonamides is 1. The van der Waals surface area contributed by atoms with Crippen molar-refractivity contribution in [2.45, 2.75) is 11.8 Å². The Morgan fingerprint density at radius 1 is 1.38 bits per heavy atom. The molecule has 0 atom stereocenters. The maximum Gasteiger partial charge on any atom is 0.244 e. The van der Waals surface area contributed by atoms with Crippen molar-refractivity contribution in [1.82, 2.24) is 14.6 Å². The van der Waals surface area contributed by atoms with Gasteiger partial charge in [-0.2, -0.15) is 0 Å². The van der Waals surface area contributed by atoms with Crippen molar-refractivity contribution in [2.24, 2.45) is 0 Å². The lowest BCUT2D eigenvalue weighted by Crippen LogP contribution is -2.41. The van der Waals surface area contributed by atoms with Gasteiger partial charge < -0.3 is 10.1 Å². The summed E-state index contributed by atoms with van der Waals surface area (Å²) in [7, 11) is -3.55. The lowest BCUT2D eigenvalue weighted by molar-refractivity contribution is 0.0390. The van der Waals surface area contributed by atoms with Crippen LogP contribution in [0.1, 0.15) is 6.92 Å². The monoisotopic (exact) mass is 314 g/mol. The molecule has 0 spiro atoms. The first-order valence-electron chi connectivity index (χ1n) is 7.11. The number of aromatic nitrogens is 1. The van der Waals surface area contributed by atoms with Crippen LogP contribution in [0, 0.1) is 0 Å². The Hall–Kier alpha value is -1.22. The smallest absolute Gasteiger partial charge is 0.244 e. The summed E-state index contributed by atoms with van der Waals surface area (Å²) in [4.78, 5) is 6.28. The molecule has 1 saturated heterocycles. The molecular weight excluding hydrogens is 292 g/mol. The zero-order chi connectivity index (χ0) is 15.1. The average molecular weight is 314 g/mol. The number of rotatable bonds is 7. The van der Waals surface area contributed by atoms with E-state index in [1.165, 1.54) is 6.20 Å². The molecule has 2 rings (SSSR count). The van der Waals surface area contributed by atoms with E-state index in [0.29, 0.717) is 38.5 Å². The number of ether oxygens (including phenoxy) is 1. The maximum atomic E-state index is 12.3. The van der Waals surface area contributed by atoms with Gasteiger partial charge in [-0.15, -0.1) is 0 Å². The molecule has 0 unspecified atom stereocenters. The standard InChI is InChI=1S/C13H22N4O3S/c1-2-15-12-3-4-14-11-13(12)21(18,19)16-5-6-17-7-9-20-10-8-17/h3-4,11,16H,2,5-10H2,1H3,(H,14,15). The summed E-state index contributed by atoms with van der Waals surface area (Å²) in [6, 6.07) is 1.67. The quantitative estimate of drug-likeness (QED) is 0.744. The van der Waals surface area contributed by atoms with Gasteiger partial charge in [0.15, 0.2) is 0 Å². The van der Waals surface area contributed by atoms with E-state index in [-0.39, 0.29) is 4.90 Å². The van der Waals surface area contributed by atoms with E-state index < -0.39 is 10.0 Å². The largest absolute Gasteiger partial charge is 0.384 e. The Morgan fingerprint density at radius 2 is 2.14 bits per heavy atom. The number of nitrogens with one attached hydrogen (secondary N) is 2. The number of morpholine rings is 1. The van der Waals surface area contributed by atoms with Crippen LogP contribution in [0.15, 0.2) is 23.4 Å². The second-order valence-electron chi connectivity index (χ2n) is 4.75. The van der Waals surface area contributed by atoms with E-state index in [9.17, 15) is 8.42 Å². The highest BCUT2D eigenvalue weighted by atomic mass is 32.2. The minimum absolute atomic E-state index is 0.189. The molecule has 0 saturated carbocycles. The Balaban J connectivity index is 1.94. The van der Waals surface area contributed by atoms with E-state index in [1.807, 2.05) is 6.92 Å². The van der Waals surface area contributed by atoms with Crippen molar-refractivity contribution in [1.29, 1.82) is 0 Å². The van der Waals surface area contributed by atoms with Crippen molar-refractivity contribution < 1.29 is 13.2 Å². The summed E-state index contributed by atoms with van der Waals surface area (Å²) in [6.07, 6.45) is 2.94. The van der Waals surface area contributed by atoms with Crippen LogP contribution < -0.4 is 10.0 Å². The van der Waals surface area contributed by atoms with E-state index in [1.54, 1.807) is 12.3 Å². The number of pyridine rings is 1. The van der Waals surface area contributed by atoms with Crippen LogP contribution in [0.4, 0.5) is 5.69 Å². The lowest BCUT2D eigenvalue weighted by atomic mass is 10.4. The zero-order valence-electron chi connectivity index (χ0n) is 12.2. The van der Waals surface area contributed by atoms with Crippen LogP contribution in [0.3, 0.4) is 0 Å². The second kappa shape index (κ2) is 7.69. The van der Waals surface area contributed by atoms with Crippen LogP contribution in [0.2, 0.25) is 0 Å². The Bertz CT molecular complexity index is 544. The molecule has 0 radical (unpaired) electrons. The minimum atomic E-state index is -3.55. The highest BCUT2D eigenvalue weighted by Crippen LogP contribution is 2.18. The Kier molecular flexibility index (Phi) is 5.92. The van der Waals surface area contributed by atoms with Gasteiger partial charge in [0.25, 0.3) is 0 Å². The van der Waals surface area contributed by atoms with Gasteiger partial charge in [-0.05, 0) is 13.0 Å². The highest BCUT2D eigenvalue weighted by molar-refractivity contribution is 7.89. The molecule has 2 heterocycles. The molecule has 0 bridgehead atoms. The summed E-state index contributed by atoms with van der Waals surface area (Å²) in [5.41, 5.74) is 0.575. The zero-order valence-corrected chi connectivity index (χ0v) is 13.0. The predicted octanol–water partition coefficient (Wildman–Crippen LogP) is 0.124. The molecule has 1 aromatic heterocycles. The van der Waals surface area contributed by atoms with E-state index >= 15 is 0 Å². The average Bonchev–Trinajstić information content (AvgIpc) is 2.49. The molecule has 1 aliphatic rings. The summed E-state index contributed by atoms with van der Waals surface area (Å²) in [5.74, 6) is 0. The molecule has 7 nitrogen and oxygen atoms in total. The molecule has 2 N–H and O–H groups in total. The van der Waals surface area contributed by atoms with Gasteiger partial charge in [-0.1, -0.05) is 0 Å². The first kappa shape index (κ1) is 16.2. The van der Waals surface area contributed by atoms with Crippen LogP contribution in [0.5, 0.6) is 0 Å². The number of anilines is 1. The number of nitrogens with zero attached hydrogens (tertiary/aromatic N) is 2. The fourth-order valence-corrected chi connectivity index (χ4v) is 3.32. The van der Waals surface area contributed by atoms with Crippen molar-refractivity contribution >= 4 is 15.7 Å². The van der Waals surface area contributed by atoms with Gasteiger partial charge in [0, 0.05) is 45.1 Å². The molecule has 1 fully saturated rings. The third kappa shape index (κ3) is 4.63. The normalized spacial score (nSPS) is 16.8. The van der Waals surface area contributed by atoms with Crippen LogP contribution in [0.25, 0.3) is 0 Å². The maximum absolute atomic E-state index is 12.3. The molecule has 0 amide bonds. The van der Waals surface area contributed by atoms with Crippen molar-refractivity contribution in [3.05, 3.63) is 18.5 Å². The second-order valence-corrected chi connectivity index (χ2v) is 6.49. The predicted molar refractivity (Wildman–Crippen MR) is 80.8 cm³/mol. The van der Waals surface area contributed by atoms with Crippen LogP contribution >= 0.6 is 0 Å². The fourth-order valence-electron chi connectivity index (χ4n) is 2.17. The minimum Gasteiger partial charge on any atom is -0.384 e. The van der Waals surface area contributed by atoms with Crippen molar-refractivity contribution in [2.75, 3.05) is 51.3 Å². The topological polar surface area (TPSA) is 83.6 Å². The molecule has 0 aliphatic carbocycles. The lowest BCUT2D eigenvalue weighted by Gasteiger charge is -2.26.